The number of methoxy groups -OCH3 is 1. The summed E-state index contributed by atoms with van der Waals surface area (Å²) in [6.45, 7) is 0.0425. The number of aromatic carboxylic acids is 1. The van der Waals surface area contributed by atoms with Gasteiger partial charge in [0.05, 0.1) is 37.2 Å². The molecule has 4 unspecified atom stereocenters. The molecule has 5 rings (SSSR count). The van der Waals surface area contributed by atoms with Crippen LogP contribution in [0.5, 0.6) is 5.75 Å². The van der Waals surface area contributed by atoms with Crippen LogP contribution in [-0.2, 0) is 29.1 Å². The van der Waals surface area contributed by atoms with E-state index >= 15 is 0 Å². The van der Waals surface area contributed by atoms with Crippen LogP contribution in [0.25, 0.3) is 0 Å². The van der Waals surface area contributed by atoms with Crippen molar-refractivity contribution >= 4 is 37.9 Å². The molecule has 14 heteroatoms. The smallest absolute Gasteiger partial charge is 0.428 e. The van der Waals surface area contributed by atoms with Crippen LogP contribution >= 0.6 is 0 Å². The lowest BCUT2D eigenvalue weighted by Crippen LogP contribution is -2.38. The molecule has 11 nitrogen and oxygen atoms in total. The highest BCUT2D eigenvalue weighted by atomic mass is 32.2. The van der Waals surface area contributed by atoms with E-state index in [1.807, 2.05) is 0 Å². The number of fused-ring (bicyclic) bond motifs is 3. The van der Waals surface area contributed by atoms with E-state index in [9.17, 15) is 35.9 Å². The summed E-state index contributed by atoms with van der Waals surface area (Å²) in [5.74, 6) is -2.88. The van der Waals surface area contributed by atoms with E-state index in [0.717, 1.165) is 38.0 Å². The average molecular weight is 570 g/mol. The first-order chi connectivity index (χ1) is 17.8. The summed E-state index contributed by atoms with van der Waals surface area (Å²) in [5, 5.41) is 10.0. The summed E-state index contributed by atoms with van der Waals surface area (Å²) in [5.41, 5.74) is -0.353. The largest absolute Gasteiger partial charge is 0.492 e. The first kappa shape index (κ1) is 26.4. The average Bonchev–Trinajstić information content (AvgIpc) is 3.75. The predicted octanol–water partition coefficient (Wildman–Crippen LogP) is 3.06. The number of hydrogen-bond donors (Lipinski definition) is 1. The third kappa shape index (κ3) is 4.71. The topological polar surface area (TPSA) is 154 Å². The second-order valence-electron chi connectivity index (χ2n) is 9.61. The van der Waals surface area contributed by atoms with E-state index in [2.05, 4.69) is 0 Å². The first-order valence-corrected chi connectivity index (χ1v) is 14.9. The number of carboxylic acids is 1. The Morgan fingerprint density at radius 3 is 2.50 bits per heavy atom. The Morgan fingerprint density at radius 2 is 1.84 bits per heavy atom. The number of carbonyl (C=O) groups is 2. The molecule has 1 N–H and O–H groups in total. The van der Waals surface area contributed by atoms with E-state index in [4.69, 9.17) is 13.7 Å². The van der Waals surface area contributed by atoms with Gasteiger partial charge in [-0.3, -0.25) is 4.18 Å². The number of sulfonamides is 1. The lowest BCUT2D eigenvalue weighted by atomic mass is 10.00. The minimum atomic E-state index is -4.86. The molecule has 2 fully saturated rings. The van der Waals surface area contributed by atoms with Crippen LogP contribution in [0.4, 0.5) is 14.9 Å². The summed E-state index contributed by atoms with van der Waals surface area (Å²) < 4.78 is 80.4. The number of carbonyl (C=O) groups excluding carboxylic acids is 1. The number of benzene rings is 2. The molecule has 2 aromatic rings. The Labute approximate surface area is 218 Å². The van der Waals surface area contributed by atoms with Crippen LogP contribution in [-0.4, -0.2) is 60.6 Å². The van der Waals surface area contributed by atoms with Gasteiger partial charge in [0, 0.05) is 5.92 Å². The van der Waals surface area contributed by atoms with Crippen LogP contribution in [0.1, 0.15) is 46.2 Å². The van der Waals surface area contributed by atoms with E-state index in [-0.39, 0.29) is 40.7 Å². The van der Waals surface area contributed by atoms with Crippen LogP contribution in [0.15, 0.2) is 35.2 Å². The SMILES string of the molecule is COC(=O)N(c1ccc2c(c1C(=O)O)OCC1CC21)S(=O)(=O)c1ccc(F)cc1C1CC1COS(C)(=O)=O. The molecule has 204 valence electrons. The number of ether oxygens (including phenoxy) is 2. The minimum Gasteiger partial charge on any atom is -0.492 e. The highest BCUT2D eigenvalue weighted by Gasteiger charge is 2.48. The van der Waals surface area contributed by atoms with E-state index in [0.29, 0.717) is 12.0 Å². The zero-order valence-corrected chi connectivity index (χ0v) is 21.9. The molecule has 3 aliphatic rings. The van der Waals surface area contributed by atoms with E-state index in [1.54, 1.807) is 0 Å². The molecule has 2 aliphatic carbocycles. The number of carboxylic acid groups (broad SMARTS) is 1. The molecule has 1 amide bonds. The van der Waals surface area contributed by atoms with Gasteiger partial charge in [-0.15, -0.1) is 0 Å². The summed E-state index contributed by atoms with van der Waals surface area (Å²) in [7, 11) is -7.66. The molecule has 0 aromatic heterocycles. The zero-order chi connectivity index (χ0) is 27.6. The quantitative estimate of drug-likeness (QED) is 0.469. The van der Waals surface area contributed by atoms with Gasteiger partial charge in [0.1, 0.15) is 17.1 Å². The van der Waals surface area contributed by atoms with Crippen LogP contribution < -0.4 is 9.04 Å². The first-order valence-electron chi connectivity index (χ1n) is 11.6. The molecule has 0 bridgehead atoms. The van der Waals surface area contributed by atoms with Crippen molar-refractivity contribution in [1.29, 1.82) is 0 Å². The van der Waals surface area contributed by atoms with Crippen molar-refractivity contribution in [2.24, 2.45) is 11.8 Å². The van der Waals surface area contributed by atoms with Gasteiger partial charge < -0.3 is 14.6 Å². The van der Waals surface area contributed by atoms with Crippen molar-refractivity contribution in [3.63, 3.8) is 0 Å². The standard InChI is InChI=1S/C24H24FNO10S2/c1-34-24(29)26(19-5-4-15-16-7-12(16)10-35-22(15)21(19)23(27)28)38(32,33)20-6-3-14(25)9-18(20)17-8-13(17)11-36-37(2,30)31/h3-6,9,12-13,16-17H,7-8,10-11H2,1-2H3,(H,27,28). The summed E-state index contributed by atoms with van der Waals surface area (Å²) >= 11 is 0. The fourth-order valence-corrected chi connectivity index (χ4v) is 7.04. The molecule has 4 atom stereocenters. The normalized spacial score (nSPS) is 23.4. The van der Waals surface area contributed by atoms with E-state index in [1.165, 1.54) is 12.1 Å². The molecular weight excluding hydrogens is 545 g/mol. The lowest BCUT2D eigenvalue weighted by Gasteiger charge is -2.27. The summed E-state index contributed by atoms with van der Waals surface area (Å²) in [6.07, 6.45) is 0.628. The van der Waals surface area contributed by atoms with Crippen LogP contribution in [0, 0.1) is 17.7 Å². The monoisotopic (exact) mass is 569 g/mol. The maximum atomic E-state index is 14.3. The fourth-order valence-electron chi connectivity index (χ4n) is 4.99. The van der Waals surface area contributed by atoms with E-state index < -0.39 is 66.0 Å². The highest BCUT2D eigenvalue weighted by Crippen LogP contribution is 2.56. The van der Waals surface area contributed by atoms with Gasteiger partial charge in [-0.25, -0.2) is 22.4 Å². The zero-order valence-electron chi connectivity index (χ0n) is 20.3. The number of anilines is 1. The van der Waals surface area contributed by atoms with Crippen LogP contribution in [0.2, 0.25) is 0 Å². The maximum Gasteiger partial charge on any atom is 0.428 e. The van der Waals surface area contributed by atoms with Crippen molar-refractivity contribution in [3.05, 3.63) is 52.8 Å². The Hall–Kier alpha value is -3.23. The molecule has 0 saturated heterocycles. The predicted molar refractivity (Wildman–Crippen MR) is 130 cm³/mol. The third-order valence-corrected chi connectivity index (χ3v) is 9.33. The lowest BCUT2D eigenvalue weighted by molar-refractivity contribution is 0.0692. The molecule has 1 aliphatic heterocycles. The Bertz CT molecular complexity index is 1560. The fraction of sp³-hybridized carbons (Fsp3) is 0.417. The Balaban J connectivity index is 1.60. The molecular formula is C24H24FNO10S2. The second-order valence-corrected chi connectivity index (χ2v) is 13.0. The van der Waals surface area contributed by atoms with Crippen molar-refractivity contribution < 1.29 is 49.6 Å². The minimum absolute atomic E-state index is 0.00244. The molecule has 2 saturated carbocycles. The molecule has 2 aromatic carbocycles. The maximum absolute atomic E-state index is 14.3. The number of hydrogen-bond acceptors (Lipinski definition) is 9. The Kier molecular flexibility index (Phi) is 6.39. The van der Waals surface area contributed by atoms with Gasteiger partial charge in [0.25, 0.3) is 20.1 Å². The molecule has 0 spiro atoms. The van der Waals surface area contributed by atoms with Crippen molar-refractivity contribution in [1.82, 2.24) is 0 Å². The second kappa shape index (κ2) is 9.20. The Morgan fingerprint density at radius 1 is 1.11 bits per heavy atom. The van der Waals surface area contributed by atoms with Gasteiger partial charge in [-0.2, -0.15) is 12.7 Å². The van der Waals surface area contributed by atoms with Gasteiger partial charge in [0.15, 0.2) is 0 Å². The third-order valence-electron chi connectivity index (χ3n) is 7.01. The van der Waals surface area contributed by atoms with Gasteiger partial charge in [-0.1, -0.05) is 6.07 Å². The van der Waals surface area contributed by atoms with Crippen molar-refractivity contribution in [2.75, 3.05) is 30.9 Å². The van der Waals surface area contributed by atoms with Crippen molar-refractivity contribution in [3.8, 4) is 5.75 Å². The van der Waals surface area contributed by atoms with Gasteiger partial charge in [-0.05, 0) is 66.0 Å². The molecule has 0 radical (unpaired) electrons. The number of rotatable bonds is 8. The number of nitrogens with zero attached hydrogens (tertiary/aromatic N) is 1. The van der Waals surface area contributed by atoms with Crippen LogP contribution in [0.3, 0.4) is 0 Å². The van der Waals surface area contributed by atoms with Gasteiger partial charge >= 0.3 is 12.1 Å². The molecule has 38 heavy (non-hydrogen) atoms. The highest BCUT2D eigenvalue weighted by molar-refractivity contribution is 7.93. The number of amides is 1. The van der Waals surface area contributed by atoms with Gasteiger partial charge in [0.2, 0.25) is 0 Å². The van der Waals surface area contributed by atoms with Crippen molar-refractivity contribution in [2.45, 2.75) is 29.6 Å². The molecule has 1 heterocycles. The summed E-state index contributed by atoms with van der Waals surface area (Å²) in [4.78, 5) is 24.8. The number of halogens is 1. The summed E-state index contributed by atoms with van der Waals surface area (Å²) in [6, 6.07) is 5.64.